The monoisotopic (exact) mass is 417 g/mol. The zero-order chi connectivity index (χ0) is 16.8. The van der Waals surface area contributed by atoms with Crippen LogP contribution in [0, 0.1) is 0 Å². The Kier molecular flexibility index (Phi) is 7.03. The maximum atomic E-state index is 6.02. The van der Waals surface area contributed by atoms with Crippen molar-refractivity contribution >= 4 is 39.1 Å². The summed E-state index contributed by atoms with van der Waals surface area (Å²) in [6.07, 6.45) is 0. The van der Waals surface area contributed by atoms with Crippen molar-refractivity contribution in [2.45, 2.75) is 20.1 Å². The van der Waals surface area contributed by atoms with Gasteiger partial charge < -0.3 is 14.8 Å². The Bertz CT molecular complexity index is 680. The van der Waals surface area contributed by atoms with E-state index in [4.69, 9.17) is 32.7 Å². The van der Waals surface area contributed by atoms with Crippen molar-refractivity contribution in [2.75, 3.05) is 13.7 Å². The molecule has 23 heavy (non-hydrogen) atoms. The standard InChI is InChI=1S/C17H18BrCl2NO2/c1-3-21-9-12-7-16(22-2)17(8-13(12)18)23-10-11-4-5-14(19)15(20)6-11/h4-8,21H,3,9-10H2,1-2H3. The van der Waals surface area contributed by atoms with Crippen molar-refractivity contribution in [1.29, 1.82) is 0 Å². The largest absolute Gasteiger partial charge is 0.493 e. The van der Waals surface area contributed by atoms with Gasteiger partial charge in [0.25, 0.3) is 0 Å². The third-order valence-electron chi connectivity index (χ3n) is 3.28. The summed E-state index contributed by atoms with van der Waals surface area (Å²) in [5.74, 6) is 1.37. The van der Waals surface area contributed by atoms with E-state index in [9.17, 15) is 0 Å². The summed E-state index contributed by atoms with van der Waals surface area (Å²) in [6, 6.07) is 9.33. The lowest BCUT2D eigenvalue weighted by Crippen LogP contribution is -2.12. The van der Waals surface area contributed by atoms with Crippen molar-refractivity contribution in [3.8, 4) is 11.5 Å². The molecule has 2 rings (SSSR count). The van der Waals surface area contributed by atoms with Crippen LogP contribution in [-0.2, 0) is 13.2 Å². The molecule has 0 spiro atoms. The molecule has 0 amide bonds. The molecule has 0 saturated carbocycles. The Balaban J connectivity index is 2.15. The first kappa shape index (κ1) is 18.4. The van der Waals surface area contributed by atoms with E-state index in [2.05, 4.69) is 28.2 Å². The van der Waals surface area contributed by atoms with Crippen LogP contribution in [0.2, 0.25) is 10.0 Å². The van der Waals surface area contributed by atoms with Gasteiger partial charge in [-0.1, -0.05) is 52.1 Å². The minimum Gasteiger partial charge on any atom is -0.493 e. The topological polar surface area (TPSA) is 30.5 Å². The highest BCUT2D eigenvalue weighted by Gasteiger charge is 2.11. The number of halogens is 3. The highest BCUT2D eigenvalue weighted by molar-refractivity contribution is 9.10. The molecule has 0 fully saturated rings. The summed E-state index contributed by atoms with van der Waals surface area (Å²) in [5, 5.41) is 4.34. The van der Waals surface area contributed by atoms with E-state index in [0.29, 0.717) is 28.2 Å². The Labute approximate surface area is 155 Å². The maximum absolute atomic E-state index is 6.02. The molecular formula is C17H18BrCl2NO2. The van der Waals surface area contributed by atoms with Gasteiger partial charge in [0, 0.05) is 11.0 Å². The van der Waals surface area contributed by atoms with Gasteiger partial charge in [-0.15, -0.1) is 0 Å². The number of ether oxygens (including phenoxy) is 2. The minimum atomic E-state index is 0.381. The van der Waals surface area contributed by atoms with E-state index >= 15 is 0 Å². The fraction of sp³-hybridized carbons (Fsp3) is 0.294. The molecule has 0 aliphatic heterocycles. The summed E-state index contributed by atoms with van der Waals surface area (Å²) >= 11 is 15.5. The van der Waals surface area contributed by atoms with Crippen molar-refractivity contribution in [3.63, 3.8) is 0 Å². The van der Waals surface area contributed by atoms with Crippen LogP contribution in [-0.4, -0.2) is 13.7 Å². The van der Waals surface area contributed by atoms with Crippen LogP contribution in [0.4, 0.5) is 0 Å². The molecule has 2 aromatic carbocycles. The third-order valence-corrected chi connectivity index (χ3v) is 4.75. The summed E-state index contributed by atoms with van der Waals surface area (Å²) in [6.45, 7) is 4.12. The molecule has 3 nitrogen and oxygen atoms in total. The van der Waals surface area contributed by atoms with Gasteiger partial charge in [0.15, 0.2) is 11.5 Å². The zero-order valence-corrected chi connectivity index (χ0v) is 16.1. The molecule has 1 N–H and O–H groups in total. The number of benzene rings is 2. The fourth-order valence-electron chi connectivity index (χ4n) is 2.04. The van der Waals surface area contributed by atoms with Crippen LogP contribution >= 0.6 is 39.1 Å². The second-order valence-electron chi connectivity index (χ2n) is 4.91. The normalized spacial score (nSPS) is 10.7. The first-order valence-electron chi connectivity index (χ1n) is 7.19. The first-order chi connectivity index (χ1) is 11.0. The molecule has 2 aromatic rings. The predicted molar refractivity (Wildman–Crippen MR) is 98.9 cm³/mol. The zero-order valence-electron chi connectivity index (χ0n) is 13.0. The maximum Gasteiger partial charge on any atom is 0.162 e. The SMILES string of the molecule is CCNCc1cc(OC)c(OCc2ccc(Cl)c(Cl)c2)cc1Br. The molecule has 124 valence electrons. The van der Waals surface area contributed by atoms with Crippen molar-refractivity contribution in [1.82, 2.24) is 5.32 Å². The lowest BCUT2D eigenvalue weighted by Gasteiger charge is -2.14. The van der Waals surface area contributed by atoms with E-state index in [0.717, 1.165) is 28.7 Å². The summed E-state index contributed by atoms with van der Waals surface area (Å²) < 4.78 is 12.3. The van der Waals surface area contributed by atoms with Crippen molar-refractivity contribution in [3.05, 3.63) is 56.0 Å². The quantitative estimate of drug-likeness (QED) is 0.648. The van der Waals surface area contributed by atoms with Gasteiger partial charge in [-0.05, 0) is 41.9 Å². The molecule has 0 atom stereocenters. The van der Waals surface area contributed by atoms with E-state index in [1.54, 1.807) is 19.2 Å². The molecule has 0 aliphatic carbocycles. The minimum absolute atomic E-state index is 0.381. The van der Waals surface area contributed by atoms with Gasteiger partial charge in [0.2, 0.25) is 0 Å². The molecule has 0 saturated heterocycles. The highest BCUT2D eigenvalue weighted by Crippen LogP contribution is 2.34. The summed E-state index contributed by atoms with van der Waals surface area (Å²) in [4.78, 5) is 0. The Morgan fingerprint density at radius 2 is 1.87 bits per heavy atom. The molecule has 6 heteroatoms. The fourth-order valence-corrected chi connectivity index (χ4v) is 2.82. The van der Waals surface area contributed by atoms with E-state index in [1.165, 1.54) is 0 Å². The molecule has 0 aromatic heterocycles. The van der Waals surface area contributed by atoms with Crippen molar-refractivity contribution < 1.29 is 9.47 Å². The van der Waals surface area contributed by atoms with Crippen LogP contribution in [0.15, 0.2) is 34.8 Å². The van der Waals surface area contributed by atoms with E-state index < -0.39 is 0 Å². The number of hydrogen-bond donors (Lipinski definition) is 1. The average molecular weight is 419 g/mol. The highest BCUT2D eigenvalue weighted by atomic mass is 79.9. The second kappa shape index (κ2) is 8.78. The van der Waals surface area contributed by atoms with Gasteiger partial charge in [0.1, 0.15) is 6.61 Å². The van der Waals surface area contributed by atoms with Crippen LogP contribution < -0.4 is 14.8 Å². The number of methoxy groups -OCH3 is 1. The lowest BCUT2D eigenvalue weighted by molar-refractivity contribution is 0.284. The van der Waals surface area contributed by atoms with E-state index in [-0.39, 0.29) is 0 Å². The molecule has 0 radical (unpaired) electrons. The van der Waals surface area contributed by atoms with Crippen LogP contribution in [0.5, 0.6) is 11.5 Å². The molecule has 0 bridgehead atoms. The number of hydrogen-bond acceptors (Lipinski definition) is 3. The second-order valence-corrected chi connectivity index (χ2v) is 6.58. The average Bonchev–Trinajstić information content (AvgIpc) is 2.55. The Morgan fingerprint density at radius 3 is 2.52 bits per heavy atom. The summed E-state index contributed by atoms with van der Waals surface area (Å²) in [7, 11) is 1.63. The van der Waals surface area contributed by atoms with Crippen molar-refractivity contribution in [2.24, 2.45) is 0 Å². The number of nitrogens with one attached hydrogen (secondary N) is 1. The third kappa shape index (κ3) is 5.01. The Morgan fingerprint density at radius 1 is 1.09 bits per heavy atom. The van der Waals surface area contributed by atoms with Gasteiger partial charge >= 0.3 is 0 Å². The Hall–Kier alpha value is -0.940. The van der Waals surface area contributed by atoms with Crippen LogP contribution in [0.1, 0.15) is 18.1 Å². The van der Waals surface area contributed by atoms with Gasteiger partial charge in [-0.25, -0.2) is 0 Å². The van der Waals surface area contributed by atoms with Gasteiger partial charge in [-0.3, -0.25) is 0 Å². The molecular weight excluding hydrogens is 401 g/mol. The number of rotatable bonds is 7. The molecule has 0 unspecified atom stereocenters. The van der Waals surface area contributed by atoms with Gasteiger partial charge in [0.05, 0.1) is 17.2 Å². The predicted octanol–water partition coefficient (Wildman–Crippen LogP) is 5.45. The summed E-state index contributed by atoms with van der Waals surface area (Å²) in [5.41, 5.74) is 2.06. The first-order valence-corrected chi connectivity index (χ1v) is 8.74. The lowest BCUT2D eigenvalue weighted by atomic mass is 10.2. The van der Waals surface area contributed by atoms with Gasteiger partial charge in [-0.2, -0.15) is 0 Å². The molecule has 0 aliphatic rings. The smallest absolute Gasteiger partial charge is 0.162 e. The molecule has 0 heterocycles. The van der Waals surface area contributed by atoms with Crippen LogP contribution in [0.25, 0.3) is 0 Å². The van der Waals surface area contributed by atoms with E-state index in [1.807, 2.05) is 18.2 Å². The van der Waals surface area contributed by atoms with Crippen LogP contribution in [0.3, 0.4) is 0 Å².